The molecule has 1 aromatic rings. The summed E-state index contributed by atoms with van der Waals surface area (Å²) in [5.74, 6) is 0. The van der Waals surface area contributed by atoms with Gasteiger partial charge in [0.1, 0.15) is 0 Å². The van der Waals surface area contributed by atoms with Gasteiger partial charge in [-0.3, -0.25) is 0 Å². The fourth-order valence-electron chi connectivity index (χ4n) is 2.13. The van der Waals surface area contributed by atoms with Gasteiger partial charge in [0.25, 0.3) is 0 Å². The number of nitrogens with one attached hydrogen (secondary N) is 2. The van der Waals surface area contributed by atoms with E-state index in [-0.39, 0.29) is 12.1 Å². The van der Waals surface area contributed by atoms with E-state index in [0.29, 0.717) is 9.37 Å². The second-order valence-electron chi connectivity index (χ2n) is 4.54. The van der Waals surface area contributed by atoms with Gasteiger partial charge in [0.15, 0.2) is 0 Å². The topological polar surface area (TPSA) is 58.2 Å². The largest absolute Gasteiger partial charge is 0.313 e. The third kappa shape index (κ3) is 3.12. The normalized spacial score (nSPS) is 25.0. The van der Waals surface area contributed by atoms with Gasteiger partial charge >= 0.3 is 0 Å². The lowest BCUT2D eigenvalue weighted by Crippen LogP contribution is -2.51. The molecule has 18 heavy (non-hydrogen) atoms. The third-order valence-electron chi connectivity index (χ3n) is 3.19. The first-order valence-corrected chi connectivity index (χ1v) is 8.28. The SMILES string of the molecule is CC1NCCCC1NS(=O)(=O)c1ccccc1Br. The maximum absolute atomic E-state index is 12.3. The third-order valence-corrected chi connectivity index (χ3v) is 5.70. The highest BCUT2D eigenvalue weighted by Gasteiger charge is 2.27. The van der Waals surface area contributed by atoms with Crippen LogP contribution < -0.4 is 10.0 Å². The van der Waals surface area contributed by atoms with Crippen LogP contribution in [0.15, 0.2) is 33.6 Å². The molecule has 100 valence electrons. The van der Waals surface area contributed by atoms with Crippen LogP contribution in [0.5, 0.6) is 0 Å². The van der Waals surface area contributed by atoms with E-state index in [0.717, 1.165) is 19.4 Å². The Hall–Kier alpha value is -0.430. The van der Waals surface area contributed by atoms with Crippen LogP contribution in [0.2, 0.25) is 0 Å². The van der Waals surface area contributed by atoms with Crippen LogP contribution in [0, 0.1) is 0 Å². The summed E-state index contributed by atoms with van der Waals surface area (Å²) in [4.78, 5) is 0.294. The summed E-state index contributed by atoms with van der Waals surface area (Å²) in [6, 6.07) is 6.98. The minimum absolute atomic E-state index is 0.0455. The van der Waals surface area contributed by atoms with E-state index >= 15 is 0 Å². The number of benzene rings is 1. The lowest BCUT2D eigenvalue weighted by molar-refractivity contribution is 0.349. The maximum Gasteiger partial charge on any atom is 0.241 e. The van der Waals surface area contributed by atoms with E-state index in [1.165, 1.54) is 0 Å². The summed E-state index contributed by atoms with van der Waals surface area (Å²) in [5, 5.41) is 3.28. The van der Waals surface area contributed by atoms with Gasteiger partial charge in [0.05, 0.1) is 4.90 Å². The van der Waals surface area contributed by atoms with Crippen LogP contribution in [0.1, 0.15) is 19.8 Å². The first-order valence-electron chi connectivity index (χ1n) is 6.01. The number of sulfonamides is 1. The molecule has 0 aliphatic carbocycles. The Morgan fingerprint density at radius 3 is 2.78 bits per heavy atom. The van der Waals surface area contributed by atoms with Crippen LogP contribution in [-0.4, -0.2) is 27.0 Å². The summed E-state index contributed by atoms with van der Waals surface area (Å²) in [5.41, 5.74) is 0. The molecule has 2 atom stereocenters. The summed E-state index contributed by atoms with van der Waals surface area (Å²) < 4.78 is 28.0. The molecule has 2 N–H and O–H groups in total. The minimum atomic E-state index is -3.46. The molecule has 0 bridgehead atoms. The van der Waals surface area contributed by atoms with Crippen molar-refractivity contribution in [2.24, 2.45) is 0 Å². The molecule has 1 fully saturated rings. The molecule has 2 unspecified atom stereocenters. The summed E-state index contributed by atoms with van der Waals surface area (Å²) in [7, 11) is -3.46. The average molecular weight is 333 g/mol. The Kier molecular flexibility index (Phi) is 4.42. The van der Waals surface area contributed by atoms with Crippen molar-refractivity contribution in [3.05, 3.63) is 28.7 Å². The van der Waals surface area contributed by atoms with Gasteiger partial charge in [-0.1, -0.05) is 12.1 Å². The summed E-state index contributed by atoms with van der Waals surface area (Å²) >= 11 is 3.28. The van der Waals surface area contributed by atoms with E-state index in [4.69, 9.17) is 0 Å². The first kappa shape index (κ1) is 14.0. The van der Waals surface area contributed by atoms with E-state index in [2.05, 4.69) is 26.0 Å². The number of halogens is 1. The van der Waals surface area contributed by atoms with Crippen molar-refractivity contribution in [2.45, 2.75) is 36.7 Å². The highest BCUT2D eigenvalue weighted by molar-refractivity contribution is 9.10. The van der Waals surface area contributed by atoms with E-state index in [9.17, 15) is 8.42 Å². The average Bonchev–Trinajstić information content (AvgIpc) is 2.32. The van der Waals surface area contributed by atoms with Crippen molar-refractivity contribution in [1.29, 1.82) is 0 Å². The zero-order chi connectivity index (χ0) is 13.2. The lowest BCUT2D eigenvalue weighted by atomic mass is 10.0. The van der Waals surface area contributed by atoms with Crippen molar-refractivity contribution in [1.82, 2.24) is 10.0 Å². The second-order valence-corrected chi connectivity index (χ2v) is 7.08. The van der Waals surface area contributed by atoms with Gasteiger partial charge in [-0.15, -0.1) is 0 Å². The molecule has 1 aliphatic heterocycles. The zero-order valence-electron chi connectivity index (χ0n) is 10.2. The molecule has 1 heterocycles. The molecule has 6 heteroatoms. The molecular weight excluding hydrogens is 316 g/mol. The molecule has 0 spiro atoms. The van der Waals surface area contributed by atoms with Crippen molar-refractivity contribution >= 4 is 26.0 Å². The molecule has 2 rings (SSSR count). The predicted molar refractivity (Wildman–Crippen MR) is 75.0 cm³/mol. The fraction of sp³-hybridized carbons (Fsp3) is 0.500. The monoisotopic (exact) mass is 332 g/mol. The van der Waals surface area contributed by atoms with Crippen molar-refractivity contribution in [2.75, 3.05) is 6.54 Å². The molecule has 0 radical (unpaired) electrons. The molecule has 1 aliphatic rings. The van der Waals surface area contributed by atoms with E-state index in [1.54, 1.807) is 24.3 Å². The molecule has 0 saturated carbocycles. The molecule has 4 nitrogen and oxygen atoms in total. The molecule has 0 amide bonds. The second kappa shape index (κ2) is 5.69. The fourth-order valence-corrected chi connectivity index (χ4v) is 4.48. The number of piperidine rings is 1. The van der Waals surface area contributed by atoms with Crippen LogP contribution >= 0.6 is 15.9 Å². The molecule has 1 saturated heterocycles. The Morgan fingerprint density at radius 2 is 2.11 bits per heavy atom. The molecular formula is C12H17BrN2O2S. The van der Waals surface area contributed by atoms with E-state index < -0.39 is 10.0 Å². The van der Waals surface area contributed by atoms with Crippen molar-refractivity contribution in [3.63, 3.8) is 0 Å². The summed E-state index contributed by atoms with van der Waals surface area (Å²) in [6.45, 7) is 2.96. The molecule has 1 aromatic carbocycles. The van der Waals surface area contributed by atoms with Gasteiger partial charge in [-0.25, -0.2) is 13.1 Å². The number of rotatable bonds is 3. The van der Waals surface area contributed by atoms with Gasteiger partial charge in [-0.2, -0.15) is 0 Å². The van der Waals surface area contributed by atoms with Crippen LogP contribution in [0.4, 0.5) is 0 Å². The van der Waals surface area contributed by atoms with Crippen molar-refractivity contribution in [3.8, 4) is 0 Å². The van der Waals surface area contributed by atoms with Gasteiger partial charge in [0, 0.05) is 16.6 Å². The van der Waals surface area contributed by atoms with E-state index in [1.807, 2.05) is 6.92 Å². The quantitative estimate of drug-likeness (QED) is 0.888. The zero-order valence-corrected chi connectivity index (χ0v) is 12.6. The highest BCUT2D eigenvalue weighted by Crippen LogP contribution is 2.22. The first-order chi connectivity index (χ1) is 8.50. The maximum atomic E-state index is 12.3. The van der Waals surface area contributed by atoms with Gasteiger partial charge < -0.3 is 5.32 Å². The smallest absolute Gasteiger partial charge is 0.241 e. The number of hydrogen-bond acceptors (Lipinski definition) is 3. The Bertz CT molecular complexity index is 519. The van der Waals surface area contributed by atoms with Gasteiger partial charge in [-0.05, 0) is 54.4 Å². The van der Waals surface area contributed by atoms with Crippen LogP contribution in [0.3, 0.4) is 0 Å². The Morgan fingerprint density at radius 1 is 1.39 bits per heavy atom. The van der Waals surface area contributed by atoms with Crippen LogP contribution in [-0.2, 0) is 10.0 Å². The van der Waals surface area contributed by atoms with Gasteiger partial charge in [0.2, 0.25) is 10.0 Å². The summed E-state index contributed by atoms with van der Waals surface area (Å²) in [6.07, 6.45) is 1.87. The number of hydrogen-bond donors (Lipinski definition) is 2. The predicted octanol–water partition coefficient (Wildman–Crippen LogP) is 1.87. The lowest BCUT2D eigenvalue weighted by Gasteiger charge is -2.30. The molecule has 0 aromatic heterocycles. The highest BCUT2D eigenvalue weighted by atomic mass is 79.9. The minimum Gasteiger partial charge on any atom is -0.313 e. The Balaban J connectivity index is 2.19. The standard InChI is InChI=1S/C12H17BrN2O2S/c1-9-11(6-4-8-14-9)15-18(16,17)12-7-3-2-5-10(12)13/h2-3,5,7,9,11,14-15H,4,6,8H2,1H3. The Labute approximate surface area is 116 Å². The van der Waals surface area contributed by atoms with Crippen LogP contribution in [0.25, 0.3) is 0 Å². The van der Waals surface area contributed by atoms with Crippen molar-refractivity contribution < 1.29 is 8.42 Å².